The van der Waals surface area contributed by atoms with Gasteiger partial charge < -0.3 is 19.7 Å². The number of hydrogen-bond donors (Lipinski definition) is 1. The van der Waals surface area contributed by atoms with Gasteiger partial charge in [-0.2, -0.15) is 0 Å². The van der Waals surface area contributed by atoms with Crippen molar-refractivity contribution in [3.8, 4) is 0 Å². The highest BCUT2D eigenvalue weighted by molar-refractivity contribution is 4.74. The Balaban J connectivity index is 2.02. The largest absolute Gasteiger partial charge is 0.383 e. The minimum absolute atomic E-state index is 0.793. The van der Waals surface area contributed by atoms with Gasteiger partial charge in [0.1, 0.15) is 0 Å². The van der Waals surface area contributed by atoms with E-state index >= 15 is 0 Å². The molecule has 4 heteroatoms. The molecule has 1 rings (SSSR count). The van der Waals surface area contributed by atoms with Crippen LogP contribution in [0, 0.1) is 5.92 Å². The van der Waals surface area contributed by atoms with Gasteiger partial charge in [-0.3, -0.25) is 0 Å². The van der Waals surface area contributed by atoms with Crippen LogP contribution in [0.5, 0.6) is 0 Å². The van der Waals surface area contributed by atoms with Crippen LogP contribution in [0.25, 0.3) is 0 Å². The molecule has 1 aliphatic heterocycles. The van der Waals surface area contributed by atoms with Crippen LogP contribution < -0.4 is 5.32 Å². The topological polar surface area (TPSA) is 33.7 Å². The number of unbranched alkanes of at least 4 members (excludes halogenated alkanes) is 1. The summed E-state index contributed by atoms with van der Waals surface area (Å²) in [6.45, 7) is 10.5. The van der Waals surface area contributed by atoms with Gasteiger partial charge in [0.2, 0.25) is 0 Å². The first-order valence-electron chi connectivity index (χ1n) is 7.86. The number of rotatable bonds is 11. The predicted molar refractivity (Wildman–Crippen MR) is 79.6 cm³/mol. The highest BCUT2D eigenvalue weighted by Crippen LogP contribution is 2.15. The van der Waals surface area contributed by atoms with E-state index in [0.29, 0.717) is 0 Å². The number of methoxy groups -OCH3 is 1. The molecule has 0 saturated carbocycles. The van der Waals surface area contributed by atoms with Gasteiger partial charge >= 0.3 is 0 Å². The van der Waals surface area contributed by atoms with Gasteiger partial charge in [-0.15, -0.1) is 0 Å². The molecular formula is C15H32N2O2. The number of ether oxygens (including phenoxy) is 2. The lowest BCUT2D eigenvalue weighted by atomic mass is 9.98. The second-order valence-electron chi connectivity index (χ2n) is 5.47. The Hall–Kier alpha value is -0.160. The summed E-state index contributed by atoms with van der Waals surface area (Å²) < 4.78 is 10.7. The van der Waals surface area contributed by atoms with Crippen molar-refractivity contribution in [1.29, 1.82) is 0 Å². The average Bonchev–Trinajstić information content (AvgIpc) is 2.44. The molecule has 1 aliphatic rings. The molecule has 0 bridgehead atoms. The first-order valence-corrected chi connectivity index (χ1v) is 7.86. The van der Waals surface area contributed by atoms with Crippen molar-refractivity contribution < 1.29 is 9.47 Å². The van der Waals surface area contributed by atoms with Crippen molar-refractivity contribution in [3.05, 3.63) is 0 Å². The fraction of sp³-hybridized carbons (Fsp3) is 1.00. The molecule has 0 amide bonds. The van der Waals surface area contributed by atoms with Gasteiger partial charge in [0.15, 0.2) is 0 Å². The second-order valence-corrected chi connectivity index (χ2v) is 5.47. The lowest BCUT2D eigenvalue weighted by Gasteiger charge is -2.32. The van der Waals surface area contributed by atoms with Crippen molar-refractivity contribution in [1.82, 2.24) is 10.2 Å². The molecule has 19 heavy (non-hydrogen) atoms. The third-order valence-electron chi connectivity index (χ3n) is 3.71. The molecule has 0 aromatic rings. The van der Waals surface area contributed by atoms with Crippen LogP contribution in [0.3, 0.4) is 0 Å². The van der Waals surface area contributed by atoms with Crippen molar-refractivity contribution in [2.24, 2.45) is 5.92 Å². The maximum atomic E-state index is 5.65. The number of piperidine rings is 1. The number of likely N-dealkylation sites (tertiary alicyclic amines) is 1. The van der Waals surface area contributed by atoms with E-state index in [1.54, 1.807) is 7.11 Å². The van der Waals surface area contributed by atoms with Crippen molar-refractivity contribution >= 4 is 0 Å². The highest BCUT2D eigenvalue weighted by atomic mass is 16.5. The molecule has 114 valence electrons. The second kappa shape index (κ2) is 11.6. The van der Waals surface area contributed by atoms with Crippen molar-refractivity contribution in [3.63, 3.8) is 0 Å². The Morgan fingerprint density at radius 2 is 2.16 bits per heavy atom. The molecular weight excluding hydrogens is 240 g/mol. The summed E-state index contributed by atoms with van der Waals surface area (Å²) >= 11 is 0. The SMILES string of the molecule is CCCCOCCN1CCCC(CNCCOC)C1. The molecule has 0 radical (unpaired) electrons. The van der Waals surface area contributed by atoms with E-state index in [4.69, 9.17) is 9.47 Å². The molecule has 1 saturated heterocycles. The molecule has 0 aromatic carbocycles. The Morgan fingerprint density at radius 1 is 1.26 bits per heavy atom. The Kier molecular flexibility index (Phi) is 10.4. The molecule has 1 fully saturated rings. The van der Waals surface area contributed by atoms with Crippen LogP contribution in [0.1, 0.15) is 32.6 Å². The fourth-order valence-electron chi connectivity index (χ4n) is 2.54. The molecule has 1 heterocycles. The summed E-state index contributed by atoms with van der Waals surface area (Å²) in [4.78, 5) is 2.55. The zero-order valence-electron chi connectivity index (χ0n) is 12.8. The van der Waals surface area contributed by atoms with Crippen LogP contribution in [0.4, 0.5) is 0 Å². The molecule has 1 atom stereocenters. The van der Waals surface area contributed by atoms with E-state index in [-0.39, 0.29) is 0 Å². The van der Waals surface area contributed by atoms with Gasteiger partial charge in [-0.05, 0) is 38.3 Å². The lowest BCUT2D eigenvalue weighted by Crippen LogP contribution is -2.41. The van der Waals surface area contributed by atoms with Crippen LogP contribution in [0.2, 0.25) is 0 Å². The number of nitrogens with one attached hydrogen (secondary N) is 1. The summed E-state index contributed by atoms with van der Waals surface area (Å²) in [7, 11) is 1.75. The Bertz CT molecular complexity index is 203. The molecule has 1 unspecified atom stereocenters. The third-order valence-corrected chi connectivity index (χ3v) is 3.71. The summed E-state index contributed by atoms with van der Waals surface area (Å²) in [5.41, 5.74) is 0. The van der Waals surface area contributed by atoms with E-state index in [1.165, 1.54) is 38.8 Å². The molecule has 0 spiro atoms. The smallest absolute Gasteiger partial charge is 0.0593 e. The normalized spacial score (nSPS) is 20.8. The minimum atomic E-state index is 0.793. The molecule has 1 N–H and O–H groups in total. The summed E-state index contributed by atoms with van der Waals surface area (Å²) in [5.74, 6) is 0.793. The van der Waals surface area contributed by atoms with E-state index < -0.39 is 0 Å². The van der Waals surface area contributed by atoms with E-state index in [2.05, 4.69) is 17.1 Å². The zero-order valence-corrected chi connectivity index (χ0v) is 12.8. The zero-order chi connectivity index (χ0) is 13.8. The summed E-state index contributed by atoms with van der Waals surface area (Å²) in [6, 6.07) is 0. The van der Waals surface area contributed by atoms with Crippen molar-refractivity contribution in [2.75, 3.05) is 59.7 Å². The van der Waals surface area contributed by atoms with E-state index in [9.17, 15) is 0 Å². The third kappa shape index (κ3) is 8.58. The first-order chi connectivity index (χ1) is 9.36. The van der Waals surface area contributed by atoms with Gasteiger partial charge in [0, 0.05) is 33.4 Å². The Morgan fingerprint density at radius 3 is 2.95 bits per heavy atom. The van der Waals surface area contributed by atoms with Gasteiger partial charge in [-0.1, -0.05) is 13.3 Å². The summed E-state index contributed by atoms with van der Waals surface area (Å²) in [5, 5.41) is 3.48. The van der Waals surface area contributed by atoms with Gasteiger partial charge in [0.25, 0.3) is 0 Å². The number of hydrogen-bond acceptors (Lipinski definition) is 4. The monoisotopic (exact) mass is 272 g/mol. The minimum Gasteiger partial charge on any atom is -0.383 e. The molecule has 0 aliphatic carbocycles. The van der Waals surface area contributed by atoms with Crippen LogP contribution >= 0.6 is 0 Å². The van der Waals surface area contributed by atoms with Crippen LogP contribution in [-0.2, 0) is 9.47 Å². The lowest BCUT2D eigenvalue weighted by molar-refractivity contribution is 0.0829. The fourth-order valence-corrected chi connectivity index (χ4v) is 2.54. The quantitative estimate of drug-likeness (QED) is 0.581. The van der Waals surface area contributed by atoms with Gasteiger partial charge in [0.05, 0.1) is 13.2 Å². The molecule has 4 nitrogen and oxygen atoms in total. The standard InChI is InChI=1S/C15H32N2O2/c1-3-4-10-19-12-9-17-8-5-6-15(14-17)13-16-7-11-18-2/h15-16H,3-14H2,1-2H3. The first kappa shape index (κ1) is 16.9. The van der Waals surface area contributed by atoms with E-state index in [1.807, 2.05) is 0 Å². The summed E-state index contributed by atoms with van der Waals surface area (Å²) in [6.07, 6.45) is 5.09. The van der Waals surface area contributed by atoms with Crippen LogP contribution in [0.15, 0.2) is 0 Å². The number of nitrogens with zero attached hydrogens (tertiary/aromatic N) is 1. The highest BCUT2D eigenvalue weighted by Gasteiger charge is 2.18. The average molecular weight is 272 g/mol. The molecule has 0 aromatic heterocycles. The maximum Gasteiger partial charge on any atom is 0.0593 e. The maximum absolute atomic E-state index is 5.65. The Labute approximate surface area is 118 Å². The predicted octanol–water partition coefficient (Wildman–Crippen LogP) is 1.75. The van der Waals surface area contributed by atoms with Crippen LogP contribution in [-0.4, -0.2) is 64.6 Å². The van der Waals surface area contributed by atoms with Gasteiger partial charge in [-0.25, -0.2) is 0 Å². The van der Waals surface area contributed by atoms with E-state index in [0.717, 1.165) is 45.4 Å². The van der Waals surface area contributed by atoms with Crippen molar-refractivity contribution in [2.45, 2.75) is 32.6 Å².